The lowest BCUT2D eigenvalue weighted by Crippen LogP contribution is -2.35. The monoisotopic (exact) mass is 500 g/mol. The third kappa shape index (κ3) is 5.33. The molecule has 1 saturated heterocycles. The highest BCUT2D eigenvalue weighted by Gasteiger charge is 2.23. The molecule has 0 radical (unpaired) electrons. The fraction of sp³-hybridized carbons (Fsp3) is 0.484. The molecule has 2 aromatic carbocycles. The van der Waals surface area contributed by atoms with Crippen LogP contribution in [0.5, 0.6) is 0 Å². The van der Waals surface area contributed by atoms with Crippen LogP contribution >= 0.6 is 11.8 Å². The van der Waals surface area contributed by atoms with Crippen molar-refractivity contribution in [3.63, 3.8) is 0 Å². The Morgan fingerprint density at radius 2 is 1.72 bits per heavy atom. The van der Waals surface area contributed by atoms with Crippen LogP contribution in [0.3, 0.4) is 0 Å². The molecular weight excluding hydrogens is 460 g/mol. The summed E-state index contributed by atoms with van der Waals surface area (Å²) in [5.74, 6) is 4.41. The highest BCUT2D eigenvalue weighted by atomic mass is 32.2. The van der Waals surface area contributed by atoms with E-state index in [-0.39, 0.29) is 0 Å². The van der Waals surface area contributed by atoms with Crippen molar-refractivity contribution in [3.8, 4) is 11.4 Å². The second kappa shape index (κ2) is 11.8. The quantitative estimate of drug-likeness (QED) is 0.391. The zero-order valence-electron chi connectivity index (χ0n) is 22.1. The molecule has 190 valence electrons. The molecular formula is C31H40N4S. The average molecular weight is 501 g/mol. The van der Waals surface area contributed by atoms with Crippen LogP contribution in [0, 0.1) is 6.92 Å². The predicted octanol–water partition coefficient (Wildman–Crippen LogP) is 6.34. The Morgan fingerprint density at radius 1 is 0.972 bits per heavy atom. The summed E-state index contributed by atoms with van der Waals surface area (Å²) in [5.41, 5.74) is 9.39. The van der Waals surface area contributed by atoms with Crippen LogP contribution in [0.2, 0.25) is 0 Å². The number of anilines is 1. The number of hydrogen-bond donors (Lipinski definition) is 1. The van der Waals surface area contributed by atoms with E-state index < -0.39 is 0 Å². The molecule has 0 amide bonds. The molecule has 0 bridgehead atoms. The number of thioether (sulfide) groups is 1. The van der Waals surface area contributed by atoms with Crippen molar-refractivity contribution >= 4 is 17.6 Å². The molecule has 5 heteroatoms. The first kappa shape index (κ1) is 25.3. The van der Waals surface area contributed by atoms with Crippen molar-refractivity contribution in [3.05, 3.63) is 76.0 Å². The van der Waals surface area contributed by atoms with Gasteiger partial charge in [-0.15, -0.1) is 0 Å². The van der Waals surface area contributed by atoms with Gasteiger partial charge in [-0.1, -0.05) is 56.3 Å². The van der Waals surface area contributed by atoms with Gasteiger partial charge in [0, 0.05) is 47.5 Å². The van der Waals surface area contributed by atoms with E-state index in [1.807, 2.05) is 11.8 Å². The number of nitrogens with one attached hydrogen (secondary N) is 1. The maximum atomic E-state index is 5.32. The third-order valence-corrected chi connectivity index (χ3v) is 8.80. The summed E-state index contributed by atoms with van der Waals surface area (Å²) >= 11 is 2.05. The number of hydrogen-bond acceptors (Lipinski definition) is 5. The number of fused-ring (bicyclic) bond motifs is 1. The van der Waals surface area contributed by atoms with Crippen LogP contribution < -0.4 is 10.2 Å². The van der Waals surface area contributed by atoms with Gasteiger partial charge in [-0.2, -0.15) is 11.8 Å². The van der Waals surface area contributed by atoms with Crippen molar-refractivity contribution in [1.82, 2.24) is 15.3 Å². The first-order valence-electron chi connectivity index (χ1n) is 13.8. The lowest BCUT2D eigenvalue weighted by atomic mass is 9.87. The van der Waals surface area contributed by atoms with E-state index in [1.165, 1.54) is 64.1 Å². The van der Waals surface area contributed by atoms with Gasteiger partial charge in [0.15, 0.2) is 5.82 Å². The molecule has 1 fully saturated rings. The standard InChI is InChI=1S/C31H40N4S/c1-4-23-11-8-12-24(5-2)29(23)30-33-22(3)26(31(34-30)35-18-20-36-21-19-35)16-17-32-28-15-9-13-25-10-6-7-14-27(25)28/h6-8,10-12,14,28,32H,4-5,9,13,15-21H2,1-3H3/t28-/m0/s1. The lowest BCUT2D eigenvalue weighted by Gasteiger charge is -2.31. The maximum absolute atomic E-state index is 5.32. The fourth-order valence-electron chi connectivity index (χ4n) is 5.89. The van der Waals surface area contributed by atoms with Gasteiger partial charge in [0.1, 0.15) is 5.82 Å². The third-order valence-electron chi connectivity index (χ3n) is 7.86. The molecule has 36 heavy (non-hydrogen) atoms. The van der Waals surface area contributed by atoms with E-state index in [4.69, 9.17) is 9.97 Å². The van der Waals surface area contributed by atoms with Crippen molar-refractivity contribution in [2.24, 2.45) is 0 Å². The molecule has 5 rings (SSSR count). The predicted molar refractivity (Wildman–Crippen MR) is 154 cm³/mol. The van der Waals surface area contributed by atoms with Gasteiger partial charge in [0.25, 0.3) is 0 Å². The summed E-state index contributed by atoms with van der Waals surface area (Å²) in [6.45, 7) is 9.73. The molecule has 1 aromatic heterocycles. The number of benzene rings is 2. The number of aryl methyl sites for hydroxylation is 4. The summed E-state index contributed by atoms with van der Waals surface area (Å²) in [7, 11) is 0. The highest BCUT2D eigenvalue weighted by Crippen LogP contribution is 2.33. The van der Waals surface area contributed by atoms with Crippen LogP contribution in [-0.2, 0) is 25.7 Å². The maximum Gasteiger partial charge on any atom is 0.162 e. The molecule has 1 aliphatic carbocycles. The first-order chi connectivity index (χ1) is 17.7. The number of nitrogens with zero attached hydrogens (tertiary/aromatic N) is 3. The van der Waals surface area contributed by atoms with E-state index in [0.717, 1.165) is 56.2 Å². The zero-order valence-corrected chi connectivity index (χ0v) is 23.0. The summed E-state index contributed by atoms with van der Waals surface area (Å²) in [4.78, 5) is 13.0. The SMILES string of the molecule is CCc1cccc(CC)c1-c1nc(C)c(CCN[C@H]2CCCc3ccccc32)c(N2CCSCC2)n1. The smallest absolute Gasteiger partial charge is 0.162 e. The second-order valence-electron chi connectivity index (χ2n) is 10.0. The van der Waals surface area contributed by atoms with E-state index in [1.54, 1.807) is 0 Å². The molecule has 3 aromatic rings. The Balaban J connectivity index is 1.45. The van der Waals surface area contributed by atoms with Crippen molar-refractivity contribution < 1.29 is 0 Å². The van der Waals surface area contributed by atoms with Crippen LogP contribution in [-0.4, -0.2) is 41.1 Å². The van der Waals surface area contributed by atoms with Crippen molar-refractivity contribution in [2.45, 2.75) is 65.3 Å². The minimum Gasteiger partial charge on any atom is -0.355 e. The number of aromatic nitrogens is 2. The van der Waals surface area contributed by atoms with Gasteiger partial charge < -0.3 is 10.2 Å². The molecule has 0 spiro atoms. The van der Waals surface area contributed by atoms with Crippen LogP contribution in [0.15, 0.2) is 42.5 Å². The Bertz CT molecular complexity index is 1160. The van der Waals surface area contributed by atoms with E-state index in [0.29, 0.717) is 6.04 Å². The number of rotatable bonds is 8. The van der Waals surface area contributed by atoms with Crippen molar-refractivity contribution in [1.29, 1.82) is 0 Å². The Kier molecular flexibility index (Phi) is 8.28. The van der Waals surface area contributed by atoms with Gasteiger partial charge in [-0.05, 0) is 74.2 Å². The van der Waals surface area contributed by atoms with Gasteiger partial charge in [-0.3, -0.25) is 0 Å². The summed E-state index contributed by atoms with van der Waals surface area (Å²) in [5, 5.41) is 3.89. The Hall–Kier alpha value is -2.37. The van der Waals surface area contributed by atoms with Gasteiger partial charge in [0.2, 0.25) is 0 Å². The summed E-state index contributed by atoms with van der Waals surface area (Å²) in [6, 6.07) is 16.1. The molecule has 1 N–H and O–H groups in total. The summed E-state index contributed by atoms with van der Waals surface area (Å²) in [6.07, 6.45) is 6.64. The second-order valence-corrected chi connectivity index (χ2v) is 11.3. The molecule has 2 heterocycles. The molecule has 0 saturated carbocycles. The van der Waals surface area contributed by atoms with E-state index in [2.05, 4.69) is 73.5 Å². The lowest BCUT2D eigenvalue weighted by molar-refractivity contribution is 0.462. The Morgan fingerprint density at radius 3 is 2.47 bits per heavy atom. The molecule has 4 nitrogen and oxygen atoms in total. The normalized spacial score (nSPS) is 17.8. The highest BCUT2D eigenvalue weighted by molar-refractivity contribution is 7.99. The largest absolute Gasteiger partial charge is 0.355 e. The van der Waals surface area contributed by atoms with Crippen LogP contribution in [0.4, 0.5) is 5.82 Å². The van der Waals surface area contributed by atoms with Crippen molar-refractivity contribution in [2.75, 3.05) is 36.0 Å². The molecule has 0 unspecified atom stereocenters. The Labute approximate surface area is 221 Å². The minimum absolute atomic E-state index is 0.453. The molecule has 2 aliphatic rings. The molecule has 1 atom stereocenters. The van der Waals surface area contributed by atoms with Gasteiger partial charge in [0.05, 0.1) is 0 Å². The fourth-order valence-corrected chi connectivity index (χ4v) is 6.79. The van der Waals surface area contributed by atoms with E-state index >= 15 is 0 Å². The van der Waals surface area contributed by atoms with E-state index in [9.17, 15) is 0 Å². The first-order valence-corrected chi connectivity index (χ1v) is 15.0. The van der Waals surface area contributed by atoms with Gasteiger partial charge in [-0.25, -0.2) is 9.97 Å². The minimum atomic E-state index is 0.453. The average Bonchev–Trinajstić information content (AvgIpc) is 2.93. The van der Waals surface area contributed by atoms with Crippen LogP contribution in [0.25, 0.3) is 11.4 Å². The zero-order chi connectivity index (χ0) is 24.9. The van der Waals surface area contributed by atoms with Gasteiger partial charge >= 0.3 is 0 Å². The van der Waals surface area contributed by atoms with Crippen LogP contribution in [0.1, 0.15) is 66.2 Å². The molecule has 1 aliphatic heterocycles. The summed E-state index contributed by atoms with van der Waals surface area (Å²) < 4.78 is 0. The topological polar surface area (TPSA) is 41.1 Å².